The van der Waals surface area contributed by atoms with Gasteiger partial charge in [-0.1, -0.05) is 23.7 Å². The second-order valence-electron chi connectivity index (χ2n) is 6.37. The van der Waals surface area contributed by atoms with Crippen LogP contribution in [0.15, 0.2) is 47.4 Å². The number of nitrogens with zero attached hydrogens (tertiary/aromatic N) is 1. The first-order valence-corrected chi connectivity index (χ1v) is 10.9. The summed E-state index contributed by atoms with van der Waals surface area (Å²) in [6.07, 6.45) is 0. The standard InChI is InChI=1S/C20H25ClN2O6S/c1-23(13-15-4-6-16(28-3)7-5-15)20(24)14-29-19-9-8-17(12-18(19)21)30(25,26)22-10-11-27-2/h4-9,12,22H,10-11,13-14H2,1-3H3. The molecule has 0 radical (unpaired) electrons. The highest BCUT2D eigenvalue weighted by molar-refractivity contribution is 7.89. The molecule has 0 aromatic heterocycles. The van der Waals surface area contributed by atoms with Gasteiger partial charge in [0.2, 0.25) is 10.0 Å². The Hall–Kier alpha value is -2.33. The van der Waals surface area contributed by atoms with Gasteiger partial charge in [-0.15, -0.1) is 0 Å². The highest BCUT2D eigenvalue weighted by Crippen LogP contribution is 2.27. The zero-order chi connectivity index (χ0) is 22.1. The summed E-state index contributed by atoms with van der Waals surface area (Å²) in [6.45, 7) is 0.568. The Kier molecular flexibility index (Phi) is 8.91. The Morgan fingerprint density at radius 2 is 1.83 bits per heavy atom. The van der Waals surface area contributed by atoms with Crippen molar-refractivity contribution >= 4 is 27.5 Å². The van der Waals surface area contributed by atoms with Crippen LogP contribution in [-0.4, -0.2) is 60.3 Å². The summed E-state index contributed by atoms with van der Waals surface area (Å²) in [4.78, 5) is 13.9. The van der Waals surface area contributed by atoms with Crippen LogP contribution in [0.2, 0.25) is 5.02 Å². The smallest absolute Gasteiger partial charge is 0.260 e. The Morgan fingerprint density at radius 1 is 1.13 bits per heavy atom. The molecule has 0 saturated heterocycles. The van der Waals surface area contributed by atoms with Gasteiger partial charge >= 0.3 is 0 Å². The van der Waals surface area contributed by atoms with Crippen molar-refractivity contribution in [3.05, 3.63) is 53.1 Å². The number of benzene rings is 2. The molecule has 0 saturated carbocycles. The molecule has 2 aromatic carbocycles. The summed E-state index contributed by atoms with van der Waals surface area (Å²) in [6, 6.07) is 11.5. The second kappa shape index (κ2) is 11.2. The summed E-state index contributed by atoms with van der Waals surface area (Å²) in [5.74, 6) is 0.712. The fourth-order valence-corrected chi connectivity index (χ4v) is 3.81. The van der Waals surface area contributed by atoms with Crippen LogP contribution in [0.3, 0.4) is 0 Å². The summed E-state index contributed by atoms with van der Waals surface area (Å²) in [5, 5.41) is 0.0928. The summed E-state index contributed by atoms with van der Waals surface area (Å²) in [5.41, 5.74) is 0.945. The maximum absolute atomic E-state index is 12.3. The molecular formula is C20H25ClN2O6S. The van der Waals surface area contributed by atoms with Gasteiger partial charge in [-0.25, -0.2) is 13.1 Å². The third-order valence-electron chi connectivity index (χ3n) is 4.17. The van der Waals surface area contributed by atoms with Crippen LogP contribution in [-0.2, 0) is 26.1 Å². The molecule has 0 aliphatic heterocycles. The number of likely N-dealkylation sites (N-methyl/N-ethyl adjacent to an activating group) is 1. The van der Waals surface area contributed by atoms with E-state index in [1.807, 2.05) is 24.3 Å². The van der Waals surface area contributed by atoms with Gasteiger partial charge in [-0.3, -0.25) is 4.79 Å². The van der Waals surface area contributed by atoms with Gasteiger partial charge in [0.1, 0.15) is 11.5 Å². The van der Waals surface area contributed by atoms with Gasteiger partial charge in [0.25, 0.3) is 5.91 Å². The molecular weight excluding hydrogens is 432 g/mol. The van der Waals surface area contributed by atoms with Crippen LogP contribution in [0, 0.1) is 0 Å². The van der Waals surface area contributed by atoms with Gasteiger partial charge in [-0.05, 0) is 35.9 Å². The van der Waals surface area contributed by atoms with E-state index in [1.54, 1.807) is 14.2 Å². The molecule has 164 valence electrons. The van der Waals surface area contributed by atoms with Crippen LogP contribution in [0.25, 0.3) is 0 Å². The molecule has 0 heterocycles. The zero-order valence-corrected chi connectivity index (χ0v) is 18.6. The average Bonchev–Trinajstić information content (AvgIpc) is 2.73. The number of ether oxygens (including phenoxy) is 3. The number of hydrogen-bond acceptors (Lipinski definition) is 6. The lowest BCUT2D eigenvalue weighted by atomic mass is 10.2. The average molecular weight is 457 g/mol. The maximum Gasteiger partial charge on any atom is 0.260 e. The fraction of sp³-hybridized carbons (Fsp3) is 0.350. The van der Waals surface area contributed by atoms with Crippen molar-refractivity contribution in [2.75, 3.05) is 41.0 Å². The summed E-state index contributed by atoms with van der Waals surface area (Å²) < 4.78 is 42.2. The molecule has 0 unspecified atom stereocenters. The minimum atomic E-state index is -3.71. The topological polar surface area (TPSA) is 94.2 Å². The van der Waals surface area contributed by atoms with Crippen molar-refractivity contribution < 1.29 is 27.4 Å². The van der Waals surface area contributed by atoms with Crippen LogP contribution in [0.5, 0.6) is 11.5 Å². The molecule has 0 bridgehead atoms. The number of nitrogens with one attached hydrogen (secondary N) is 1. The lowest BCUT2D eigenvalue weighted by Gasteiger charge is -2.18. The van der Waals surface area contributed by atoms with Crippen LogP contribution < -0.4 is 14.2 Å². The quantitative estimate of drug-likeness (QED) is 0.521. The van der Waals surface area contributed by atoms with Crippen molar-refractivity contribution in [2.45, 2.75) is 11.4 Å². The number of amides is 1. The highest BCUT2D eigenvalue weighted by Gasteiger charge is 2.17. The van der Waals surface area contributed by atoms with Gasteiger partial charge in [-0.2, -0.15) is 0 Å². The molecule has 1 amide bonds. The predicted molar refractivity (Wildman–Crippen MR) is 113 cm³/mol. The first-order valence-electron chi connectivity index (χ1n) is 9.04. The van der Waals surface area contributed by atoms with E-state index < -0.39 is 10.0 Å². The molecule has 0 spiro atoms. The third kappa shape index (κ3) is 6.88. The van der Waals surface area contributed by atoms with Gasteiger partial charge in [0.15, 0.2) is 6.61 Å². The van der Waals surface area contributed by atoms with E-state index in [0.717, 1.165) is 11.3 Å². The van der Waals surface area contributed by atoms with Crippen molar-refractivity contribution in [2.24, 2.45) is 0 Å². The molecule has 2 rings (SSSR count). The largest absolute Gasteiger partial charge is 0.497 e. The minimum absolute atomic E-state index is 0.00102. The van der Waals surface area contributed by atoms with E-state index in [4.69, 9.17) is 25.8 Å². The monoisotopic (exact) mass is 456 g/mol. The fourth-order valence-electron chi connectivity index (χ4n) is 2.47. The van der Waals surface area contributed by atoms with Crippen LogP contribution >= 0.6 is 11.6 Å². The van der Waals surface area contributed by atoms with E-state index in [-0.39, 0.29) is 41.3 Å². The van der Waals surface area contributed by atoms with Gasteiger partial charge in [0, 0.05) is 27.2 Å². The van der Waals surface area contributed by atoms with Gasteiger partial charge < -0.3 is 19.1 Å². The number of halogens is 1. The van der Waals surface area contributed by atoms with E-state index in [2.05, 4.69) is 4.72 Å². The van der Waals surface area contributed by atoms with E-state index in [1.165, 1.54) is 30.2 Å². The predicted octanol–water partition coefficient (Wildman–Crippen LogP) is 2.31. The van der Waals surface area contributed by atoms with Crippen LogP contribution in [0.4, 0.5) is 0 Å². The Balaban J connectivity index is 1.93. The van der Waals surface area contributed by atoms with E-state index in [9.17, 15) is 13.2 Å². The lowest BCUT2D eigenvalue weighted by molar-refractivity contribution is -0.132. The SMILES string of the molecule is COCCNS(=O)(=O)c1ccc(OCC(=O)N(C)Cc2ccc(OC)cc2)c(Cl)c1. The molecule has 30 heavy (non-hydrogen) atoms. The molecule has 0 atom stereocenters. The van der Waals surface area contributed by atoms with Crippen molar-refractivity contribution in [1.29, 1.82) is 0 Å². The summed E-state index contributed by atoms with van der Waals surface area (Å²) >= 11 is 6.14. The first kappa shape index (κ1) is 23.9. The number of hydrogen-bond donors (Lipinski definition) is 1. The van der Waals surface area contributed by atoms with Crippen molar-refractivity contribution in [1.82, 2.24) is 9.62 Å². The maximum atomic E-state index is 12.3. The number of rotatable bonds is 11. The number of carbonyl (C=O) groups is 1. The third-order valence-corrected chi connectivity index (χ3v) is 5.92. The molecule has 10 heteroatoms. The lowest BCUT2D eigenvalue weighted by Crippen LogP contribution is -2.31. The molecule has 0 aliphatic rings. The first-order chi connectivity index (χ1) is 14.3. The van der Waals surface area contributed by atoms with Crippen molar-refractivity contribution in [3.8, 4) is 11.5 Å². The van der Waals surface area contributed by atoms with Crippen LogP contribution in [0.1, 0.15) is 5.56 Å². The highest BCUT2D eigenvalue weighted by atomic mass is 35.5. The Morgan fingerprint density at radius 3 is 2.43 bits per heavy atom. The Labute approximate surface area is 181 Å². The number of methoxy groups -OCH3 is 2. The van der Waals surface area contributed by atoms with E-state index in [0.29, 0.717) is 6.54 Å². The second-order valence-corrected chi connectivity index (χ2v) is 8.54. The molecule has 0 aliphatic carbocycles. The number of carbonyl (C=O) groups excluding carboxylic acids is 1. The molecule has 8 nitrogen and oxygen atoms in total. The molecule has 2 aromatic rings. The van der Waals surface area contributed by atoms with Crippen molar-refractivity contribution in [3.63, 3.8) is 0 Å². The minimum Gasteiger partial charge on any atom is -0.497 e. The molecule has 0 fully saturated rings. The molecule has 1 N–H and O–H groups in total. The normalized spacial score (nSPS) is 11.2. The zero-order valence-electron chi connectivity index (χ0n) is 17.1. The number of sulfonamides is 1. The summed E-state index contributed by atoms with van der Waals surface area (Å²) in [7, 11) is 1.02. The van der Waals surface area contributed by atoms with E-state index >= 15 is 0 Å². The van der Waals surface area contributed by atoms with Gasteiger partial charge in [0.05, 0.1) is 23.6 Å². The Bertz CT molecular complexity index is 950.